The lowest BCUT2D eigenvalue weighted by atomic mass is 10.0. The summed E-state index contributed by atoms with van der Waals surface area (Å²) >= 11 is 3.67. The van der Waals surface area contributed by atoms with E-state index in [1.165, 1.54) is 23.0 Å². The Hall–Kier alpha value is -0.420. The van der Waals surface area contributed by atoms with Crippen molar-refractivity contribution < 1.29 is 0 Å². The molecule has 0 aliphatic heterocycles. The number of nitrogens with one attached hydrogen (secondary N) is 1. The Morgan fingerprint density at radius 2 is 1.81 bits per heavy atom. The van der Waals surface area contributed by atoms with E-state index >= 15 is 0 Å². The quantitative estimate of drug-likeness (QED) is 0.693. The first-order chi connectivity index (χ1) is 10.1. The minimum atomic E-state index is 0.402. The molecule has 21 heavy (non-hydrogen) atoms. The molecule has 0 aromatic heterocycles. The van der Waals surface area contributed by atoms with Gasteiger partial charge >= 0.3 is 0 Å². The highest BCUT2D eigenvalue weighted by atomic mass is 79.9. The molecule has 0 saturated carbocycles. The van der Waals surface area contributed by atoms with Gasteiger partial charge in [0.05, 0.1) is 0 Å². The molecule has 1 aromatic carbocycles. The van der Waals surface area contributed by atoms with Crippen LogP contribution >= 0.6 is 15.9 Å². The van der Waals surface area contributed by atoms with Gasteiger partial charge in [-0.25, -0.2) is 0 Å². The van der Waals surface area contributed by atoms with Crippen molar-refractivity contribution in [3.63, 3.8) is 0 Å². The van der Waals surface area contributed by atoms with Gasteiger partial charge in [-0.05, 0) is 58.7 Å². The van der Waals surface area contributed by atoms with Gasteiger partial charge in [0.2, 0.25) is 0 Å². The zero-order chi connectivity index (χ0) is 15.7. The molecule has 1 aromatic rings. The molecule has 0 bridgehead atoms. The Labute approximate surface area is 138 Å². The van der Waals surface area contributed by atoms with Crippen molar-refractivity contribution in [2.24, 2.45) is 0 Å². The first-order valence-corrected chi connectivity index (χ1v) is 8.66. The Balaban J connectivity index is 2.57. The molecule has 1 rings (SSSR count). The van der Waals surface area contributed by atoms with Crippen molar-refractivity contribution in [3.8, 4) is 0 Å². The van der Waals surface area contributed by atoms with Crippen molar-refractivity contribution >= 4 is 15.9 Å². The number of likely N-dealkylation sites (N-methyl/N-ethyl adjacent to an activating group) is 1. The first-order valence-electron chi connectivity index (χ1n) is 7.87. The highest BCUT2D eigenvalue weighted by Gasteiger charge is 2.14. The molecule has 0 spiro atoms. The monoisotopic (exact) mass is 355 g/mol. The van der Waals surface area contributed by atoms with Crippen LogP contribution in [0.3, 0.4) is 0 Å². The smallest absolute Gasteiger partial charge is 0.0340 e. The summed E-state index contributed by atoms with van der Waals surface area (Å²) in [6, 6.07) is 8.91. The lowest BCUT2D eigenvalue weighted by Crippen LogP contribution is -2.34. The summed E-state index contributed by atoms with van der Waals surface area (Å²) in [6.07, 6.45) is 2.35. The summed E-state index contributed by atoms with van der Waals surface area (Å²) in [7, 11) is 6.33. The third-order valence-corrected chi connectivity index (χ3v) is 4.49. The van der Waals surface area contributed by atoms with Crippen LogP contribution in [0.25, 0.3) is 0 Å². The lowest BCUT2D eigenvalue weighted by Gasteiger charge is -2.26. The predicted molar refractivity (Wildman–Crippen MR) is 95.8 cm³/mol. The van der Waals surface area contributed by atoms with Crippen LogP contribution in [0, 0.1) is 0 Å². The molecular weight excluding hydrogens is 326 g/mol. The Morgan fingerprint density at radius 1 is 1.10 bits per heavy atom. The normalized spacial score (nSPS) is 13.1. The van der Waals surface area contributed by atoms with E-state index < -0.39 is 0 Å². The van der Waals surface area contributed by atoms with Gasteiger partial charge in [-0.3, -0.25) is 0 Å². The molecule has 1 unspecified atom stereocenters. The summed E-state index contributed by atoms with van der Waals surface area (Å²) in [5.41, 5.74) is 1.35. The van der Waals surface area contributed by atoms with Crippen LogP contribution in [0.2, 0.25) is 0 Å². The molecule has 0 aliphatic carbocycles. The van der Waals surface area contributed by atoms with E-state index in [1.807, 2.05) is 7.05 Å². The van der Waals surface area contributed by atoms with E-state index in [1.54, 1.807) is 0 Å². The van der Waals surface area contributed by atoms with Gasteiger partial charge < -0.3 is 15.1 Å². The third kappa shape index (κ3) is 6.92. The average Bonchev–Trinajstić information content (AvgIpc) is 2.46. The predicted octanol–water partition coefficient (Wildman–Crippen LogP) is 3.37. The summed E-state index contributed by atoms with van der Waals surface area (Å²) in [5, 5.41) is 3.45. The number of rotatable bonds is 10. The molecule has 0 fully saturated rings. The van der Waals surface area contributed by atoms with Crippen LogP contribution in [0.5, 0.6) is 0 Å². The van der Waals surface area contributed by atoms with Gasteiger partial charge in [-0.2, -0.15) is 0 Å². The molecule has 0 aliphatic rings. The van der Waals surface area contributed by atoms with Crippen LogP contribution < -0.4 is 5.32 Å². The largest absolute Gasteiger partial charge is 0.313 e. The van der Waals surface area contributed by atoms with E-state index in [9.17, 15) is 0 Å². The van der Waals surface area contributed by atoms with Gasteiger partial charge in [0.15, 0.2) is 0 Å². The van der Waals surface area contributed by atoms with Crippen molar-refractivity contribution in [1.29, 1.82) is 0 Å². The minimum Gasteiger partial charge on any atom is -0.313 e. The summed E-state index contributed by atoms with van der Waals surface area (Å²) in [4.78, 5) is 4.83. The van der Waals surface area contributed by atoms with E-state index in [0.29, 0.717) is 6.04 Å². The number of benzene rings is 1. The zero-order valence-corrected chi connectivity index (χ0v) is 15.5. The second-order valence-electron chi connectivity index (χ2n) is 5.80. The molecule has 0 amide bonds. The van der Waals surface area contributed by atoms with Crippen LogP contribution in [0.15, 0.2) is 28.7 Å². The van der Waals surface area contributed by atoms with Crippen molar-refractivity contribution in [1.82, 2.24) is 15.1 Å². The average molecular weight is 356 g/mol. The Kier molecular flexibility index (Phi) is 9.16. The van der Waals surface area contributed by atoms with Gasteiger partial charge in [-0.1, -0.05) is 41.1 Å². The van der Waals surface area contributed by atoms with Gasteiger partial charge in [0.25, 0.3) is 0 Å². The molecule has 4 heteroatoms. The minimum absolute atomic E-state index is 0.402. The second kappa shape index (κ2) is 10.3. The number of nitrogens with zero attached hydrogens (tertiary/aromatic N) is 2. The van der Waals surface area contributed by atoms with Crippen molar-refractivity contribution in [2.75, 3.05) is 47.3 Å². The van der Waals surface area contributed by atoms with E-state index in [4.69, 9.17) is 0 Å². The van der Waals surface area contributed by atoms with Gasteiger partial charge in [0, 0.05) is 23.6 Å². The van der Waals surface area contributed by atoms with Crippen LogP contribution in [-0.2, 0) is 0 Å². The third-order valence-electron chi connectivity index (χ3n) is 3.77. The molecule has 3 nitrogen and oxygen atoms in total. The molecule has 1 N–H and O–H groups in total. The fraction of sp³-hybridized carbons (Fsp3) is 0.647. The highest BCUT2D eigenvalue weighted by Crippen LogP contribution is 2.25. The number of hydrogen-bond acceptors (Lipinski definition) is 3. The van der Waals surface area contributed by atoms with Crippen LogP contribution in [0.4, 0.5) is 0 Å². The molecule has 120 valence electrons. The molecule has 0 heterocycles. The van der Waals surface area contributed by atoms with Crippen molar-refractivity contribution in [2.45, 2.75) is 25.8 Å². The maximum Gasteiger partial charge on any atom is 0.0340 e. The van der Waals surface area contributed by atoms with E-state index in [-0.39, 0.29) is 0 Å². The van der Waals surface area contributed by atoms with E-state index in [2.05, 4.69) is 76.3 Å². The summed E-state index contributed by atoms with van der Waals surface area (Å²) in [5.74, 6) is 0. The van der Waals surface area contributed by atoms with Gasteiger partial charge in [-0.15, -0.1) is 0 Å². The lowest BCUT2D eigenvalue weighted by molar-refractivity contribution is 0.230. The maximum absolute atomic E-state index is 3.67. The molecular formula is C17H30BrN3. The number of halogens is 1. The molecule has 0 saturated heterocycles. The molecule has 1 atom stereocenters. The standard InChI is InChI=1S/C17H30BrN3/c1-5-11-21(14-13-20(3)4)12-10-17(19-2)15-8-6-7-9-16(15)18/h6-9,17,19H,5,10-14H2,1-4H3. The molecule has 0 radical (unpaired) electrons. The maximum atomic E-state index is 3.67. The Bertz CT molecular complexity index is 395. The van der Waals surface area contributed by atoms with E-state index in [0.717, 1.165) is 26.1 Å². The number of hydrogen-bond donors (Lipinski definition) is 1. The zero-order valence-electron chi connectivity index (χ0n) is 13.9. The topological polar surface area (TPSA) is 18.5 Å². The van der Waals surface area contributed by atoms with Gasteiger partial charge in [0.1, 0.15) is 0 Å². The van der Waals surface area contributed by atoms with Crippen molar-refractivity contribution in [3.05, 3.63) is 34.3 Å². The fourth-order valence-corrected chi connectivity index (χ4v) is 3.08. The van der Waals surface area contributed by atoms with Crippen LogP contribution in [-0.4, -0.2) is 57.1 Å². The summed E-state index contributed by atoms with van der Waals surface area (Å²) < 4.78 is 1.19. The highest BCUT2D eigenvalue weighted by molar-refractivity contribution is 9.10. The second-order valence-corrected chi connectivity index (χ2v) is 6.65. The summed E-state index contributed by atoms with van der Waals surface area (Å²) in [6.45, 7) is 6.84. The van der Waals surface area contributed by atoms with Crippen LogP contribution in [0.1, 0.15) is 31.4 Å². The first kappa shape index (κ1) is 18.6. The fourth-order valence-electron chi connectivity index (χ4n) is 2.52. The SMILES string of the molecule is CCCN(CCC(NC)c1ccccc1Br)CCN(C)C. The Morgan fingerprint density at radius 3 is 2.38 bits per heavy atom.